The average molecular weight is 218 g/mol. The molecule has 15 heavy (non-hydrogen) atoms. The number of aliphatic hydroxyl groups is 1. The van der Waals surface area contributed by atoms with E-state index in [-0.39, 0.29) is 24.1 Å². The van der Waals surface area contributed by atoms with Gasteiger partial charge in [0.05, 0.1) is 13.2 Å². The van der Waals surface area contributed by atoms with Crippen molar-refractivity contribution in [2.45, 2.75) is 32.9 Å². The Labute approximate surface area is 93.4 Å². The number of likely N-dealkylation sites (N-methyl/N-ethyl adjacent to an activating group) is 1. The van der Waals surface area contributed by atoms with Gasteiger partial charge >= 0.3 is 0 Å². The first kappa shape index (κ1) is 14.8. The Morgan fingerprint density at radius 1 is 1.40 bits per heavy atom. The molecule has 0 aliphatic heterocycles. The molecule has 0 aromatic heterocycles. The third-order valence-electron chi connectivity index (χ3n) is 2.82. The van der Waals surface area contributed by atoms with Crippen LogP contribution in [0.5, 0.6) is 0 Å². The molecule has 0 aliphatic rings. The van der Waals surface area contributed by atoms with Crippen LogP contribution in [0.4, 0.5) is 0 Å². The van der Waals surface area contributed by atoms with Gasteiger partial charge in [0.2, 0.25) is 0 Å². The molecule has 0 aromatic rings. The summed E-state index contributed by atoms with van der Waals surface area (Å²) < 4.78 is 5.01. The van der Waals surface area contributed by atoms with Crippen LogP contribution < -0.4 is 5.73 Å². The first-order valence-corrected chi connectivity index (χ1v) is 5.40. The minimum absolute atomic E-state index is 0.00523. The van der Waals surface area contributed by atoms with Crippen molar-refractivity contribution in [3.05, 3.63) is 0 Å². The van der Waals surface area contributed by atoms with Crippen LogP contribution in [-0.2, 0) is 4.74 Å². The summed E-state index contributed by atoms with van der Waals surface area (Å²) >= 11 is 0. The van der Waals surface area contributed by atoms with Crippen LogP contribution >= 0.6 is 0 Å². The van der Waals surface area contributed by atoms with Gasteiger partial charge in [-0.15, -0.1) is 0 Å². The fourth-order valence-electron chi connectivity index (χ4n) is 1.51. The molecule has 4 heteroatoms. The summed E-state index contributed by atoms with van der Waals surface area (Å²) in [4.78, 5) is 2.05. The lowest BCUT2D eigenvalue weighted by atomic mass is 9.82. The highest BCUT2D eigenvalue weighted by molar-refractivity contribution is 4.88. The average Bonchev–Trinajstić information content (AvgIpc) is 2.14. The van der Waals surface area contributed by atoms with Crippen LogP contribution in [0.25, 0.3) is 0 Å². The summed E-state index contributed by atoms with van der Waals surface area (Å²) in [6.45, 7) is 7.79. The second-order valence-corrected chi connectivity index (χ2v) is 5.12. The molecule has 0 amide bonds. The number of hydrogen-bond donors (Lipinski definition) is 2. The molecule has 0 bridgehead atoms. The molecule has 0 aliphatic carbocycles. The van der Waals surface area contributed by atoms with Crippen molar-refractivity contribution in [2.24, 2.45) is 11.1 Å². The molecule has 0 spiro atoms. The maximum absolute atomic E-state index is 9.37. The topological polar surface area (TPSA) is 58.7 Å². The van der Waals surface area contributed by atoms with Crippen LogP contribution in [0.2, 0.25) is 0 Å². The lowest BCUT2D eigenvalue weighted by Crippen LogP contribution is -2.54. The number of nitrogens with zero attached hydrogens (tertiary/aromatic N) is 1. The van der Waals surface area contributed by atoms with Gasteiger partial charge in [-0.25, -0.2) is 0 Å². The fourth-order valence-corrected chi connectivity index (χ4v) is 1.51. The van der Waals surface area contributed by atoms with Crippen molar-refractivity contribution < 1.29 is 9.84 Å². The van der Waals surface area contributed by atoms with Crippen LogP contribution in [0, 0.1) is 5.41 Å². The standard InChI is InChI=1S/C11H26N2O2/c1-11(2,3)10(12)9(8-14)13(4)6-7-15-5/h9-10,14H,6-8,12H2,1-5H3. The highest BCUT2D eigenvalue weighted by Gasteiger charge is 2.30. The first-order valence-electron chi connectivity index (χ1n) is 5.40. The Balaban J connectivity index is 4.33. The van der Waals surface area contributed by atoms with Crippen molar-refractivity contribution in [3.8, 4) is 0 Å². The quantitative estimate of drug-likeness (QED) is 0.673. The van der Waals surface area contributed by atoms with Gasteiger partial charge in [-0.2, -0.15) is 0 Å². The molecule has 2 atom stereocenters. The molecule has 0 radical (unpaired) electrons. The normalized spacial score (nSPS) is 16.8. The monoisotopic (exact) mass is 218 g/mol. The highest BCUT2D eigenvalue weighted by atomic mass is 16.5. The third kappa shape index (κ3) is 4.93. The summed E-state index contributed by atoms with van der Waals surface area (Å²) in [5, 5.41) is 9.37. The Morgan fingerprint density at radius 2 is 1.93 bits per heavy atom. The van der Waals surface area contributed by atoms with E-state index in [4.69, 9.17) is 10.5 Å². The molecule has 0 rings (SSSR count). The zero-order chi connectivity index (χ0) is 12.1. The Morgan fingerprint density at radius 3 is 2.27 bits per heavy atom. The minimum Gasteiger partial charge on any atom is -0.395 e. The second-order valence-electron chi connectivity index (χ2n) is 5.12. The van der Waals surface area contributed by atoms with E-state index in [1.54, 1.807) is 7.11 Å². The molecule has 0 heterocycles. The zero-order valence-corrected chi connectivity index (χ0v) is 10.7. The number of nitrogens with two attached hydrogens (primary N) is 1. The van der Waals surface area contributed by atoms with Crippen LogP contribution in [-0.4, -0.2) is 56.0 Å². The maximum atomic E-state index is 9.37. The van der Waals surface area contributed by atoms with Gasteiger partial charge in [0.25, 0.3) is 0 Å². The molecule has 3 N–H and O–H groups in total. The van der Waals surface area contributed by atoms with Crippen molar-refractivity contribution in [1.82, 2.24) is 4.90 Å². The zero-order valence-electron chi connectivity index (χ0n) is 10.7. The lowest BCUT2D eigenvalue weighted by Gasteiger charge is -2.38. The second kappa shape index (κ2) is 6.43. The van der Waals surface area contributed by atoms with Crippen LogP contribution in [0.1, 0.15) is 20.8 Å². The van der Waals surface area contributed by atoms with E-state index in [0.29, 0.717) is 6.61 Å². The summed E-state index contributed by atoms with van der Waals surface area (Å²) in [5.74, 6) is 0. The van der Waals surface area contributed by atoms with E-state index >= 15 is 0 Å². The lowest BCUT2D eigenvalue weighted by molar-refractivity contribution is 0.0675. The molecule has 0 saturated carbocycles. The first-order chi connectivity index (χ1) is 6.84. The Kier molecular flexibility index (Phi) is 6.36. The predicted molar refractivity (Wildman–Crippen MR) is 62.8 cm³/mol. The summed E-state index contributed by atoms with van der Waals surface area (Å²) in [5.41, 5.74) is 6.13. The maximum Gasteiger partial charge on any atom is 0.0602 e. The summed E-state index contributed by atoms with van der Waals surface area (Å²) in [7, 11) is 3.64. The van der Waals surface area contributed by atoms with Crippen molar-refractivity contribution >= 4 is 0 Å². The number of rotatable bonds is 6. The minimum atomic E-state index is -0.0515. The number of hydrogen-bond acceptors (Lipinski definition) is 4. The largest absolute Gasteiger partial charge is 0.395 e. The van der Waals surface area contributed by atoms with E-state index in [2.05, 4.69) is 25.7 Å². The van der Waals surface area contributed by atoms with E-state index < -0.39 is 0 Å². The van der Waals surface area contributed by atoms with Gasteiger partial charge in [-0.1, -0.05) is 20.8 Å². The molecule has 4 nitrogen and oxygen atoms in total. The number of ether oxygens (including phenoxy) is 1. The highest BCUT2D eigenvalue weighted by Crippen LogP contribution is 2.21. The number of aliphatic hydroxyl groups excluding tert-OH is 1. The van der Waals surface area contributed by atoms with Gasteiger partial charge in [-0.05, 0) is 12.5 Å². The fraction of sp³-hybridized carbons (Fsp3) is 1.00. The molecule has 0 saturated heterocycles. The summed E-state index contributed by atoms with van der Waals surface area (Å²) in [6, 6.07) is -0.0653. The van der Waals surface area contributed by atoms with Gasteiger partial charge in [-0.3, -0.25) is 4.90 Å². The third-order valence-corrected chi connectivity index (χ3v) is 2.82. The SMILES string of the molecule is COCCN(C)C(CO)C(N)C(C)(C)C. The molecule has 92 valence electrons. The van der Waals surface area contributed by atoms with E-state index in [1.807, 2.05) is 7.05 Å². The van der Waals surface area contributed by atoms with Gasteiger partial charge in [0, 0.05) is 25.7 Å². The van der Waals surface area contributed by atoms with Gasteiger partial charge < -0.3 is 15.6 Å². The van der Waals surface area contributed by atoms with Gasteiger partial charge in [0.15, 0.2) is 0 Å². The van der Waals surface area contributed by atoms with Crippen molar-refractivity contribution in [1.29, 1.82) is 0 Å². The molecule has 0 fully saturated rings. The predicted octanol–water partition coefficient (Wildman–Crippen LogP) is 0.299. The Hall–Kier alpha value is -0.160. The number of methoxy groups -OCH3 is 1. The van der Waals surface area contributed by atoms with E-state index in [1.165, 1.54) is 0 Å². The molecule has 0 aromatic carbocycles. The molecular weight excluding hydrogens is 192 g/mol. The molecule has 2 unspecified atom stereocenters. The van der Waals surface area contributed by atoms with E-state index in [0.717, 1.165) is 6.54 Å². The smallest absolute Gasteiger partial charge is 0.0602 e. The Bertz CT molecular complexity index is 168. The molecular formula is C11H26N2O2. The van der Waals surface area contributed by atoms with Crippen LogP contribution in [0.3, 0.4) is 0 Å². The van der Waals surface area contributed by atoms with Crippen LogP contribution in [0.15, 0.2) is 0 Å². The van der Waals surface area contributed by atoms with Crippen molar-refractivity contribution in [3.63, 3.8) is 0 Å². The summed E-state index contributed by atoms with van der Waals surface area (Å²) in [6.07, 6.45) is 0. The van der Waals surface area contributed by atoms with E-state index in [9.17, 15) is 5.11 Å². The van der Waals surface area contributed by atoms with Gasteiger partial charge in [0.1, 0.15) is 0 Å². The van der Waals surface area contributed by atoms with Crippen molar-refractivity contribution in [2.75, 3.05) is 33.9 Å².